The third-order valence-electron chi connectivity index (χ3n) is 4.76. The number of imide groups is 1. The predicted molar refractivity (Wildman–Crippen MR) is 90.6 cm³/mol. The molecule has 2 amide bonds. The Bertz CT molecular complexity index is 852. The van der Waals surface area contributed by atoms with Gasteiger partial charge in [0.25, 0.3) is 11.8 Å². The van der Waals surface area contributed by atoms with E-state index in [-0.39, 0.29) is 25.0 Å². The van der Waals surface area contributed by atoms with Gasteiger partial charge < -0.3 is 4.74 Å². The van der Waals surface area contributed by atoms with E-state index in [2.05, 4.69) is 0 Å². The van der Waals surface area contributed by atoms with Gasteiger partial charge in [0, 0.05) is 0 Å². The Morgan fingerprint density at radius 2 is 1.64 bits per heavy atom. The molecule has 2 aromatic rings. The molecule has 0 fully saturated rings. The lowest BCUT2D eigenvalue weighted by atomic mass is 10.1. The van der Waals surface area contributed by atoms with Crippen molar-refractivity contribution in [1.82, 2.24) is 4.90 Å². The molecular weight excluding hydrogens is 318 g/mol. The Morgan fingerprint density at radius 1 is 0.960 bits per heavy atom. The molecule has 1 aliphatic heterocycles. The molecule has 0 saturated heterocycles. The Balaban J connectivity index is 1.38. The highest BCUT2D eigenvalue weighted by Crippen LogP contribution is 2.24. The molecule has 4 rings (SSSR count). The van der Waals surface area contributed by atoms with Crippen molar-refractivity contribution < 1.29 is 19.1 Å². The largest absolute Gasteiger partial charge is 0.460 e. The van der Waals surface area contributed by atoms with Gasteiger partial charge in [-0.15, -0.1) is 0 Å². The van der Waals surface area contributed by atoms with Crippen LogP contribution in [0.5, 0.6) is 0 Å². The topological polar surface area (TPSA) is 63.7 Å². The molecule has 0 spiro atoms. The quantitative estimate of drug-likeness (QED) is 0.636. The minimum Gasteiger partial charge on any atom is -0.460 e. The SMILES string of the molecule is O=C(OCCN1C(=O)c2ccccc2C1=O)c1ccc2c(c1)CCC2. The van der Waals surface area contributed by atoms with Crippen molar-refractivity contribution in [2.75, 3.05) is 13.2 Å². The molecule has 5 nitrogen and oxygen atoms in total. The zero-order valence-electron chi connectivity index (χ0n) is 13.7. The third-order valence-corrected chi connectivity index (χ3v) is 4.76. The first-order chi connectivity index (χ1) is 12.1. The maximum absolute atomic E-state index is 12.2. The van der Waals surface area contributed by atoms with E-state index in [1.165, 1.54) is 11.1 Å². The Morgan fingerprint density at radius 3 is 2.36 bits per heavy atom. The van der Waals surface area contributed by atoms with Gasteiger partial charge in [0.2, 0.25) is 0 Å². The number of benzene rings is 2. The number of amides is 2. The van der Waals surface area contributed by atoms with Crippen LogP contribution in [0.4, 0.5) is 0 Å². The van der Waals surface area contributed by atoms with Gasteiger partial charge in [0.05, 0.1) is 23.2 Å². The molecule has 1 aliphatic carbocycles. The molecule has 2 aromatic carbocycles. The van der Waals surface area contributed by atoms with E-state index in [1.807, 2.05) is 12.1 Å². The number of nitrogens with zero attached hydrogens (tertiary/aromatic N) is 1. The van der Waals surface area contributed by atoms with Crippen molar-refractivity contribution in [1.29, 1.82) is 0 Å². The number of aryl methyl sites for hydroxylation is 2. The van der Waals surface area contributed by atoms with Crippen LogP contribution in [0.25, 0.3) is 0 Å². The van der Waals surface area contributed by atoms with Gasteiger partial charge >= 0.3 is 5.97 Å². The first kappa shape index (κ1) is 15.6. The number of carbonyl (C=O) groups is 3. The molecule has 0 atom stereocenters. The van der Waals surface area contributed by atoms with Gasteiger partial charge in [0.15, 0.2) is 0 Å². The summed E-state index contributed by atoms with van der Waals surface area (Å²) in [5, 5.41) is 0. The first-order valence-corrected chi connectivity index (χ1v) is 8.39. The number of ether oxygens (including phenoxy) is 1. The lowest BCUT2D eigenvalue weighted by Crippen LogP contribution is -2.33. The fourth-order valence-electron chi connectivity index (χ4n) is 3.45. The lowest BCUT2D eigenvalue weighted by Gasteiger charge is -2.14. The predicted octanol–water partition coefficient (Wildman–Crippen LogP) is 2.63. The summed E-state index contributed by atoms with van der Waals surface area (Å²) < 4.78 is 5.26. The second kappa shape index (κ2) is 6.16. The minimum absolute atomic E-state index is 0.0125. The zero-order chi connectivity index (χ0) is 17.4. The highest BCUT2D eigenvalue weighted by Gasteiger charge is 2.34. The summed E-state index contributed by atoms with van der Waals surface area (Å²) in [6.07, 6.45) is 3.17. The van der Waals surface area contributed by atoms with Crippen LogP contribution >= 0.6 is 0 Å². The van der Waals surface area contributed by atoms with Crippen molar-refractivity contribution in [3.8, 4) is 0 Å². The van der Waals surface area contributed by atoms with Crippen LogP contribution in [0, 0.1) is 0 Å². The number of hydrogen-bond acceptors (Lipinski definition) is 4. The van der Waals surface area contributed by atoms with E-state index in [1.54, 1.807) is 30.3 Å². The number of esters is 1. The Kier molecular flexibility index (Phi) is 3.84. The normalized spacial score (nSPS) is 15.3. The van der Waals surface area contributed by atoms with Crippen LogP contribution in [0.1, 0.15) is 48.6 Å². The maximum Gasteiger partial charge on any atom is 0.338 e. The second-order valence-corrected chi connectivity index (χ2v) is 6.28. The summed E-state index contributed by atoms with van der Waals surface area (Å²) in [7, 11) is 0. The van der Waals surface area contributed by atoms with Crippen molar-refractivity contribution in [2.45, 2.75) is 19.3 Å². The van der Waals surface area contributed by atoms with Crippen LogP contribution in [0.3, 0.4) is 0 Å². The molecule has 0 bridgehead atoms. The molecule has 0 radical (unpaired) electrons. The van der Waals surface area contributed by atoms with E-state index in [0.29, 0.717) is 16.7 Å². The molecule has 0 aromatic heterocycles. The van der Waals surface area contributed by atoms with E-state index in [4.69, 9.17) is 4.74 Å². The van der Waals surface area contributed by atoms with E-state index in [9.17, 15) is 14.4 Å². The Hall–Kier alpha value is -2.95. The van der Waals surface area contributed by atoms with Gasteiger partial charge in [-0.25, -0.2) is 4.79 Å². The zero-order valence-corrected chi connectivity index (χ0v) is 13.7. The number of hydrogen-bond donors (Lipinski definition) is 0. The standard InChI is InChI=1S/C20H17NO4/c22-18-16-6-1-2-7-17(16)19(23)21(18)10-11-25-20(24)15-9-8-13-4-3-5-14(13)12-15/h1-2,6-9,12H,3-5,10-11H2. The van der Waals surface area contributed by atoms with Crippen molar-refractivity contribution >= 4 is 17.8 Å². The molecular formula is C20H17NO4. The molecule has 0 saturated carbocycles. The van der Waals surface area contributed by atoms with Gasteiger partial charge in [-0.1, -0.05) is 18.2 Å². The number of rotatable bonds is 4. The molecule has 5 heteroatoms. The van der Waals surface area contributed by atoms with Crippen molar-refractivity contribution in [3.63, 3.8) is 0 Å². The van der Waals surface area contributed by atoms with Crippen LogP contribution < -0.4 is 0 Å². The van der Waals surface area contributed by atoms with E-state index in [0.717, 1.165) is 24.2 Å². The highest BCUT2D eigenvalue weighted by molar-refractivity contribution is 6.21. The summed E-state index contributed by atoms with van der Waals surface area (Å²) in [5.41, 5.74) is 3.82. The third kappa shape index (κ3) is 2.71. The van der Waals surface area contributed by atoms with E-state index < -0.39 is 5.97 Å². The van der Waals surface area contributed by atoms with Crippen LogP contribution in [-0.2, 0) is 17.6 Å². The van der Waals surface area contributed by atoms with Gasteiger partial charge in [-0.05, 0) is 54.7 Å². The molecule has 25 heavy (non-hydrogen) atoms. The molecule has 2 aliphatic rings. The van der Waals surface area contributed by atoms with Gasteiger partial charge in [0.1, 0.15) is 6.61 Å². The fraction of sp³-hybridized carbons (Fsp3) is 0.250. The molecule has 0 N–H and O–H groups in total. The first-order valence-electron chi connectivity index (χ1n) is 8.39. The van der Waals surface area contributed by atoms with Gasteiger partial charge in [-0.2, -0.15) is 0 Å². The van der Waals surface area contributed by atoms with Crippen LogP contribution in [0.2, 0.25) is 0 Å². The lowest BCUT2D eigenvalue weighted by molar-refractivity contribution is 0.0420. The summed E-state index contributed by atoms with van der Waals surface area (Å²) in [4.78, 5) is 37.8. The second-order valence-electron chi connectivity index (χ2n) is 6.28. The van der Waals surface area contributed by atoms with Crippen LogP contribution in [-0.4, -0.2) is 35.8 Å². The average molecular weight is 335 g/mol. The molecule has 0 unspecified atom stereocenters. The fourth-order valence-corrected chi connectivity index (χ4v) is 3.45. The molecule has 1 heterocycles. The average Bonchev–Trinajstić information content (AvgIpc) is 3.20. The maximum atomic E-state index is 12.2. The number of fused-ring (bicyclic) bond motifs is 2. The van der Waals surface area contributed by atoms with Crippen LogP contribution in [0.15, 0.2) is 42.5 Å². The Labute approximate surface area is 145 Å². The summed E-state index contributed by atoms with van der Waals surface area (Å²) in [6.45, 7) is 0.0460. The monoisotopic (exact) mass is 335 g/mol. The summed E-state index contributed by atoms with van der Waals surface area (Å²) in [6, 6.07) is 12.3. The summed E-state index contributed by atoms with van der Waals surface area (Å²) in [5.74, 6) is -1.10. The smallest absolute Gasteiger partial charge is 0.338 e. The van der Waals surface area contributed by atoms with Crippen molar-refractivity contribution in [3.05, 3.63) is 70.3 Å². The van der Waals surface area contributed by atoms with Gasteiger partial charge in [-0.3, -0.25) is 14.5 Å². The number of carbonyl (C=O) groups excluding carboxylic acids is 3. The highest BCUT2D eigenvalue weighted by atomic mass is 16.5. The summed E-state index contributed by atoms with van der Waals surface area (Å²) >= 11 is 0. The van der Waals surface area contributed by atoms with Crippen molar-refractivity contribution in [2.24, 2.45) is 0 Å². The minimum atomic E-state index is -0.425. The van der Waals surface area contributed by atoms with E-state index >= 15 is 0 Å². The molecule has 126 valence electrons.